The summed E-state index contributed by atoms with van der Waals surface area (Å²) in [6.07, 6.45) is 2.57. The third-order valence-electron chi connectivity index (χ3n) is 8.29. The van der Waals surface area contributed by atoms with E-state index in [-0.39, 0.29) is 17.4 Å². The minimum atomic E-state index is 0.00297. The largest absolute Gasteiger partial charge is 0.507 e. The SMILES string of the molecule is C=CCC(COc1ccccc1-c1cccc(-c2ccccc2)c1O)COc1ccc(C)cc1-c1cccc(-c2ccccc2)c1O. The first kappa shape index (κ1) is 31.3. The van der Waals surface area contributed by atoms with E-state index >= 15 is 0 Å². The Kier molecular flexibility index (Phi) is 9.69. The van der Waals surface area contributed by atoms with Gasteiger partial charge in [0.1, 0.15) is 23.0 Å². The summed E-state index contributed by atoms with van der Waals surface area (Å²) < 4.78 is 12.9. The maximum Gasteiger partial charge on any atom is 0.131 e. The van der Waals surface area contributed by atoms with Crippen molar-refractivity contribution in [3.8, 4) is 67.5 Å². The molecule has 0 aliphatic heterocycles. The number of para-hydroxylation sites is 3. The maximum atomic E-state index is 11.4. The molecule has 0 aliphatic rings. The molecule has 0 saturated carbocycles. The molecule has 234 valence electrons. The minimum absolute atomic E-state index is 0.00297. The summed E-state index contributed by atoms with van der Waals surface area (Å²) in [6, 6.07) is 45.1. The molecule has 6 aromatic carbocycles. The normalized spacial score (nSPS) is 11.5. The van der Waals surface area contributed by atoms with E-state index in [1.54, 1.807) is 0 Å². The van der Waals surface area contributed by atoms with Gasteiger partial charge in [-0.15, -0.1) is 6.58 Å². The Hall–Kier alpha value is -5.74. The van der Waals surface area contributed by atoms with Crippen molar-refractivity contribution in [1.82, 2.24) is 0 Å². The predicted octanol–water partition coefficient (Wildman–Crippen LogP) is 10.7. The fourth-order valence-corrected chi connectivity index (χ4v) is 5.85. The molecule has 4 nitrogen and oxygen atoms in total. The van der Waals surface area contributed by atoms with Crippen molar-refractivity contribution < 1.29 is 19.7 Å². The zero-order chi connectivity index (χ0) is 32.6. The lowest BCUT2D eigenvalue weighted by Crippen LogP contribution is -2.20. The zero-order valence-electron chi connectivity index (χ0n) is 26.5. The Morgan fingerprint density at radius 1 is 0.532 bits per heavy atom. The molecular weight excluding hydrogens is 580 g/mol. The van der Waals surface area contributed by atoms with E-state index < -0.39 is 0 Å². The van der Waals surface area contributed by atoms with Crippen LogP contribution in [0.2, 0.25) is 0 Å². The Labute approximate surface area is 276 Å². The molecule has 0 heterocycles. The summed E-state index contributed by atoms with van der Waals surface area (Å²) in [4.78, 5) is 0. The van der Waals surface area contributed by atoms with Crippen LogP contribution in [0.1, 0.15) is 12.0 Å². The number of hydrogen-bond donors (Lipinski definition) is 2. The molecule has 1 atom stereocenters. The van der Waals surface area contributed by atoms with Gasteiger partial charge in [-0.3, -0.25) is 0 Å². The first-order valence-corrected chi connectivity index (χ1v) is 15.8. The fourth-order valence-electron chi connectivity index (χ4n) is 5.85. The van der Waals surface area contributed by atoms with Crippen molar-refractivity contribution in [3.63, 3.8) is 0 Å². The molecule has 6 aromatic rings. The third-order valence-corrected chi connectivity index (χ3v) is 8.29. The van der Waals surface area contributed by atoms with Crippen molar-refractivity contribution in [2.75, 3.05) is 13.2 Å². The van der Waals surface area contributed by atoms with Crippen molar-refractivity contribution in [2.45, 2.75) is 13.3 Å². The lowest BCUT2D eigenvalue weighted by molar-refractivity contribution is 0.179. The van der Waals surface area contributed by atoms with Crippen LogP contribution in [0.15, 0.2) is 152 Å². The second-order valence-corrected chi connectivity index (χ2v) is 11.6. The van der Waals surface area contributed by atoms with Crippen molar-refractivity contribution in [1.29, 1.82) is 0 Å². The summed E-state index contributed by atoms with van der Waals surface area (Å²) in [5, 5.41) is 22.7. The molecule has 0 fully saturated rings. The fraction of sp³-hybridized carbons (Fsp3) is 0.116. The Bertz CT molecular complexity index is 1960. The number of phenols is 2. The van der Waals surface area contributed by atoms with Gasteiger partial charge in [0.15, 0.2) is 0 Å². The maximum absolute atomic E-state index is 11.4. The van der Waals surface area contributed by atoms with Crippen LogP contribution in [0.5, 0.6) is 23.0 Å². The second-order valence-electron chi connectivity index (χ2n) is 11.6. The van der Waals surface area contributed by atoms with Crippen molar-refractivity contribution in [3.05, 3.63) is 158 Å². The van der Waals surface area contributed by atoms with Gasteiger partial charge in [0.05, 0.1) is 13.2 Å². The van der Waals surface area contributed by atoms with E-state index in [9.17, 15) is 10.2 Å². The summed E-state index contributed by atoms with van der Waals surface area (Å²) >= 11 is 0. The molecule has 6 rings (SSSR count). The van der Waals surface area contributed by atoms with Crippen LogP contribution in [0.4, 0.5) is 0 Å². The first-order chi connectivity index (χ1) is 23.0. The number of rotatable bonds is 12. The highest BCUT2D eigenvalue weighted by Crippen LogP contribution is 2.43. The van der Waals surface area contributed by atoms with Gasteiger partial charge in [-0.05, 0) is 42.7 Å². The van der Waals surface area contributed by atoms with Gasteiger partial charge in [-0.25, -0.2) is 0 Å². The van der Waals surface area contributed by atoms with Crippen LogP contribution in [-0.2, 0) is 0 Å². The monoisotopic (exact) mass is 618 g/mol. The van der Waals surface area contributed by atoms with E-state index in [1.165, 1.54) is 0 Å². The number of aromatic hydroxyl groups is 2. The Morgan fingerprint density at radius 3 is 1.57 bits per heavy atom. The van der Waals surface area contributed by atoms with Crippen molar-refractivity contribution >= 4 is 0 Å². The summed E-state index contributed by atoms with van der Waals surface area (Å²) in [7, 11) is 0. The van der Waals surface area contributed by atoms with E-state index in [2.05, 4.69) is 6.58 Å². The molecule has 2 N–H and O–H groups in total. The van der Waals surface area contributed by atoms with E-state index in [1.807, 2.05) is 153 Å². The number of benzene rings is 6. The van der Waals surface area contributed by atoms with Crippen LogP contribution < -0.4 is 9.47 Å². The molecule has 4 heteroatoms. The van der Waals surface area contributed by atoms with E-state index in [0.29, 0.717) is 42.3 Å². The van der Waals surface area contributed by atoms with Gasteiger partial charge in [-0.2, -0.15) is 0 Å². The number of aryl methyl sites for hydroxylation is 1. The predicted molar refractivity (Wildman–Crippen MR) is 192 cm³/mol. The van der Waals surface area contributed by atoms with Gasteiger partial charge in [-0.1, -0.05) is 133 Å². The summed E-state index contributed by atoms with van der Waals surface area (Å²) in [6.45, 7) is 6.78. The number of phenolic OH excluding ortho intramolecular Hbond substituents is 2. The number of ether oxygens (including phenoxy) is 2. The zero-order valence-corrected chi connectivity index (χ0v) is 26.5. The average Bonchev–Trinajstić information content (AvgIpc) is 3.11. The van der Waals surface area contributed by atoms with Crippen molar-refractivity contribution in [2.24, 2.45) is 5.92 Å². The van der Waals surface area contributed by atoms with Gasteiger partial charge in [0, 0.05) is 39.3 Å². The number of hydrogen-bond acceptors (Lipinski definition) is 4. The lowest BCUT2D eigenvalue weighted by atomic mass is 9.96. The Morgan fingerprint density at radius 2 is 1.00 bits per heavy atom. The Balaban J connectivity index is 1.22. The van der Waals surface area contributed by atoms with E-state index in [0.717, 1.165) is 38.9 Å². The van der Waals surface area contributed by atoms with Crippen LogP contribution in [0.3, 0.4) is 0 Å². The molecule has 0 radical (unpaired) electrons. The second kappa shape index (κ2) is 14.6. The average molecular weight is 619 g/mol. The van der Waals surface area contributed by atoms with E-state index in [4.69, 9.17) is 9.47 Å². The quantitative estimate of drug-likeness (QED) is 0.134. The molecule has 0 aromatic heterocycles. The topological polar surface area (TPSA) is 58.9 Å². The highest BCUT2D eigenvalue weighted by Gasteiger charge is 2.19. The van der Waals surface area contributed by atoms with Gasteiger partial charge < -0.3 is 19.7 Å². The minimum Gasteiger partial charge on any atom is -0.507 e. The summed E-state index contributed by atoms with van der Waals surface area (Å²) in [5.74, 6) is 1.81. The van der Waals surface area contributed by atoms with Crippen LogP contribution in [0, 0.1) is 12.8 Å². The van der Waals surface area contributed by atoms with Crippen LogP contribution >= 0.6 is 0 Å². The molecule has 0 aliphatic carbocycles. The smallest absolute Gasteiger partial charge is 0.131 e. The molecule has 0 amide bonds. The molecule has 0 saturated heterocycles. The molecule has 0 spiro atoms. The third kappa shape index (κ3) is 7.08. The van der Waals surface area contributed by atoms with Gasteiger partial charge >= 0.3 is 0 Å². The highest BCUT2D eigenvalue weighted by molar-refractivity contribution is 5.85. The first-order valence-electron chi connectivity index (χ1n) is 15.8. The summed E-state index contributed by atoms with van der Waals surface area (Å²) in [5.41, 5.74) is 7.58. The standard InChI is InChI=1S/C43H38O4/c1-3-14-31(28-46-40-24-11-10-19-36(40)37-22-12-20-34(42(37)44)32-15-6-4-7-16-32)29-47-41-26-25-30(2)27-39(41)38-23-13-21-35(43(38)45)33-17-8-5-9-18-33/h3-13,15-27,31,44-45H,1,14,28-29H2,2H3. The molecule has 47 heavy (non-hydrogen) atoms. The molecule has 0 bridgehead atoms. The van der Waals surface area contributed by atoms with Gasteiger partial charge in [0.25, 0.3) is 0 Å². The molecule has 1 unspecified atom stereocenters. The highest BCUT2D eigenvalue weighted by atomic mass is 16.5. The number of allylic oxidation sites excluding steroid dienone is 1. The van der Waals surface area contributed by atoms with Crippen LogP contribution in [0.25, 0.3) is 44.5 Å². The lowest BCUT2D eigenvalue weighted by Gasteiger charge is -2.21. The molecular formula is C43H38O4. The van der Waals surface area contributed by atoms with Gasteiger partial charge in [0.2, 0.25) is 0 Å². The van der Waals surface area contributed by atoms with Crippen LogP contribution in [-0.4, -0.2) is 23.4 Å².